The number of β-amino-alcohol motifs (C(OH)–C–C–N with tert-alkyl or cyclic N) is 1. The van der Waals surface area contributed by atoms with Crippen LogP contribution in [0.4, 0.5) is 0 Å². The van der Waals surface area contributed by atoms with E-state index in [0.717, 1.165) is 4.90 Å². The first-order valence-electron chi connectivity index (χ1n) is 29.8. The van der Waals surface area contributed by atoms with Crippen LogP contribution < -0.4 is 76.9 Å². The SMILES string of the molecule is CC(=O)N[C@H](CCCN=C(N)N)C(=O)N[C@@H](CCCN=C(N)N)C(=O)N1CCC[C@H]1C(=O)N1C[C@H](O)C[C@H]1C(=O)NCC(=O)N[C@@H](Cc1ccccc1)C(=O)NCC(=O)N[C@H](Cc1ccccc1)C(=O)N[C@@H](CC(C)C)C(=O)N[C@@H](CCCN=C(N)N)C(=O)O. The third-order valence-electron chi connectivity index (χ3n) is 14.5. The van der Waals surface area contributed by atoms with Crippen LogP contribution in [-0.4, -0.2) is 203 Å². The summed E-state index contributed by atoms with van der Waals surface area (Å²) in [5.41, 5.74) is 33.8. The van der Waals surface area contributed by atoms with Crippen LogP contribution in [-0.2, 0) is 65.6 Å². The number of hydrogen-bond acceptors (Lipinski definition) is 15. The molecule has 2 aromatic rings. The molecule has 2 saturated heterocycles. The number of likely N-dealkylation sites (tertiary alicyclic amines) is 2. The van der Waals surface area contributed by atoms with Gasteiger partial charge in [-0.2, -0.15) is 0 Å². The summed E-state index contributed by atoms with van der Waals surface area (Å²) in [6, 6.07) is 7.21. The number of aliphatic hydroxyl groups is 1. The molecule has 2 aliphatic rings. The molecule has 90 heavy (non-hydrogen) atoms. The predicted molar refractivity (Wildman–Crippen MR) is 331 cm³/mol. The third kappa shape index (κ3) is 25.6. The maximum Gasteiger partial charge on any atom is 0.326 e. The van der Waals surface area contributed by atoms with E-state index in [1.807, 2.05) is 0 Å². The number of carboxylic acid groups (broad SMARTS) is 1. The summed E-state index contributed by atoms with van der Waals surface area (Å²) in [7, 11) is 0. The monoisotopic (exact) mass is 1260 g/mol. The molecule has 2 aliphatic heterocycles. The highest BCUT2D eigenvalue weighted by Gasteiger charge is 2.46. The van der Waals surface area contributed by atoms with E-state index >= 15 is 0 Å². The minimum Gasteiger partial charge on any atom is -0.480 e. The number of aliphatic imine (C=N–C) groups is 3. The Morgan fingerprint density at radius 2 is 1.01 bits per heavy atom. The van der Waals surface area contributed by atoms with Gasteiger partial charge >= 0.3 is 5.97 Å². The van der Waals surface area contributed by atoms with Crippen molar-refractivity contribution in [3.63, 3.8) is 0 Å². The van der Waals surface area contributed by atoms with Crippen molar-refractivity contribution in [2.24, 2.45) is 55.3 Å². The molecular formula is C58H89N19O13. The quantitative estimate of drug-likeness (QED) is 0.0172. The van der Waals surface area contributed by atoms with Gasteiger partial charge in [0.25, 0.3) is 0 Å². The molecule has 494 valence electrons. The summed E-state index contributed by atoms with van der Waals surface area (Å²) in [6.07, 6.45) is -0.0837. The highest BCUT2D eigenvalue weighted by atomic mass is 16.4. The van der Waals surface area contributed by atoms with Gasteiger partial charge in [0.15, 0.2) is 17.9 Å². The van der Waals surface area contributed by atoms with Crippen molar-refractivity contribution >= 4 is 82.9 Å². The molecule has 2 fully saturated rings. The number of rotatable bonds is 36. The van der Waals surface area contributed by atoms with E-state index in [4.69, 9.17) is 34.4 Å². The Balaban J connectivity index is 1.45. The molecule has 0 saturated carbocycles. The van der Waals surface area contributed by atoms with Gasteiger partial charge in [0.1, 0.15) is 48.3 Å². The fourth-order valence-corrected chi connectivity index (χ4v) is 10.2. The summed E-state index contributed by atoms with van der Waals surface area (Å²) < 4.78 is 0. The van der Waals surface area contributed by atoms with Crippen LogP contribution in [0.2, 0.25) is 0 Å². The van der Waals surface area contributed by atoms with Crippen molar-refractivity contribution in [1.82, 2.24) is 52.3 Å². The Kier molecular flexibility index (Phi) is 30.2. The number of carbonyl (C=O) groups is 11. The first-order chi connectivity index (χ1) is 42.7. The predicted octanol–water partition coefficient (Wildman–Crippen LogP) is -5.12. The van der Waals surface area contributed by atoms with Crippen LogP contribution in [0.3, 0.4) is 0 Å². The second-order valence-electron chi connectivity index (χ2n) is 22.4. The van der Waals surface area contributed by atoms with Gasteiger partial charge in [0, 0.05) is 58.9 Å². The van der Waals surface area contributed by atoms with Gasteiger partial charge in [-0.1, -0.05) is 74.5 Å². The maximum absolute atomic E-state index is 14.5. The van der Waals surface area contributed by atoms with Crippen molar-refractivity contribution in [1.29, 1.82) is 0 Å². The Labute approximate surface area is 521 Å². The lowest BCUT2D eigenvalue weighted by molar-refractivity contribution is -0.148. The number of carboxylic acids is 1. The molecular weight excluding hydrogens is 1170 g/mol. The Hall–Kier alpha value is -9.62. The van der Waals surface area contributed by atoms with Crippen molar-refractivity contribution in [2.45, 2.75) is 152 Å². The zero-order valence-corrected chi connectivity index (χ0v) is 51.1. The number of carbonyl (C=O) groups excluding carboxylic acids is 10. The van der Waals surface area contributed by atoms with Gasteiger partial charge in [0.05, 0.1) is 19.2 Å². The number of nitrogens with two attached hydrogens (primary N) is 6. The number of nitrogens with zero attached hydrogens (tertiary/aromatic N) is 5. The van der Waals surface area contributed by atoms with E-state index in [2.05, 4.69) is 57.5 Å². The molecule has 9 atom stereocenters. The molecule has 10 amide bonds. The minimum absolute atomic E-state index is 0.0185. The summed E-state index contributed by atoms with van der Waals surface area (Å²) in [4.78, 5) is 164. The number of aliphatic hydroxyl groups excluding tert-OH is 1. The number of benzene rings is 2. The summed E-state index contributed by atoms with van der Waals surface area (Å²) in [5.74, 6) is -9.41. The molecule has 32 nitrogen and oxygen atoms in total. The highest BCUT2D eigenvalue weighted by molar-refractivity contribution is 5.98. The third-order valence-corrected chi connectivity index (χ3v) is 14.5. The van der Waals surface area contributed by atoms with E-state index in [1.54, 1.807) is 74.5 Å². The number of nitrogens with one attached hydrogen (secondary N) is 8. The zero-order chi connectivity index (χ0) is 66.5. The molecule has 0 bridgehead atoms. The lowest BCUT2D eigenvalue weighted by Crippen LogP contribution is -2.58. The summed E-state index contributed by atoms with van der Waals surface area (Å²) in [5, 5.41) is 41.4. The smallest absolute Gasteiger partial charge is 0.326 e. The van der Waals surface area contributed by atoms with E-state index in [9.17, 15) is 63.0 Å². The molecule has 0 unspecified atom stereocenters. The van der Waals surface area contributed by atoms with E-state index in [0.29, 0.717) is 24.0 Å². The van der Waals surface area contributed by atoms with Crippen LogP contribution in [0, 0.1) is 5.92 Å². The second-order valence-corrected chi connectivity index (χ2v) is 22.4. The van der Waals surface area contributed by atoms with Crippen LogP contribution in [0.25, 0.3) is 0 Å². The normalized spacial score (nSPS) is 17.1. The summed E-state index contributed by atoms with van der Waals surface area (Å²) in [6.45, 7) is 3.59. The number of amides is 10. The summed E-state index contributed by atoms with van der Waals surface area (Å²) >= 11 is 0. The second kappa shape index (κ2) is 37.3. The molecule has 0 aromatic heterocycles. The molecule has 32 heteroatoms. The lowest BCUT2D eigenvalue weighted by atomic mass is 10.0. The van der Waals surface area contributed by atoms with Gasteiger partial charge in [-0.05, 0) is 74.8 Å². The largest absolute Gasteiger partial charge is 0.480 e. The van der Waals surface area contributed by atoms with Crippen LogP contribution in [0.5, 0.6) is 0 Å². The average molecular weight is 1260 g/mol. The van der Waals surface area contributed by atoms with Crippen molar-refractivity contribution in [3.8, 4) is 0 Å². The maximum atomic E-state index is 14.5. The molecule has 2 aromatic carbocycles. The van der Waals surface area contributed by atoms with Crippen molar-refractivity contribution in [2.75, 3.05) is 45.8 Å². The zero-order valence-electron chi connectivity index (χ0n) is 51.1. The Bertz CT molecular complexity index is 2870. The van der Waals surface area contributed by atoms with Crippen molar-refractivity contribution < 1.29 is 63.0 Å². The average Bonchev–Trinajstić information content (AvgIpc) is 1.73. The van der Waals surface area contributed by atoms with Gasteiger partial charge in [-0.3, -0.25) is 62.9 Å². The van der Waals surface area contributed by atoms with Crippen LogP contribution >= 0.6 is 0 Å². The Morgan fingerprint density at radius 3 is 1.51 bits per heavy atom. The first kappa shape index (κ1) is 72.9. The van der Waals surface area contributed by atoms with Gasteiger partial charge in [0.2, 0.25) is 59.1 Å². The minimum atomic E-state index is -1.34. The van der Waals surface area contributed by atoms with E-state index in [1.165, 1.54) is 11.8 Å². The van der Waals surface area contributed by atoms with Gasteiger partial charge in [-0.25, -0.2) is 4.79 Å². The van der Waals surface area contributed by atoms with Gasteiger partial charge in [-0.15, -0.1) is 0 Å². The van der Waals surface area contributed by atoms with Crippen LogP contribution in [0.15, 0.2) is 75.6 Å². The number of guanidine groups is 3. The van der Waals surface area contributed by atoms with E-state index in [-0.39, 0.29) is 121 Å². The number of hydrogen-bond donors (Lipinski definition) is 16. The molecule has 2 heterocycles. The van der Waals surface area contributed by atoms with E-state index < -0.39 is 133 Å². The fraction of sp³-hybridized carbons (Fsp3) is 0.552. The molecule has 0 radical (unpaired) electrons. The molecule has 4 rings (SSSR count). The van der Waals surface area contributed by atoms with Crippen molar-refractivity contribution in [3.05, 3.63) is 71.8 Å². The standard InChI is InChI=1S/C58H89N19O13/c1-33(2)26-41(50(84)74-40(55(89)90)20-12-24-67-58(63)64)75-51(85)43(28-36-16-8-5-9-17-36)72-46(80)30-68-48(82)42(27-35-14-6-4-7-15-35)71-47(81)31-69-52(86)45-29-37(79)32-77(45)54(88)44-21-13-25-76(44)53(87)39(19-11-23-66-57(61)62)73-49(83)38(70-34(3)78)18-10-22-65-56(59)60/h4-9,14-17,33,37-45,79H,10-13,18-32H2,1-3H3,(H,68,82)(H,69,86)(H,70,78)(H,71,81)(H,72,80)(H,73,83)(H,74,84)(H,75,85)(H,89,90)(H4,59,60,65)(H4,61,62,66)(H4,63,64,67)/t37-,38-,39+,40+,41+,42+,43-,44+,45+/m1/s1. The molecule has 22 N–H and O–H groups in total. The molecule has 0 spiro atoms. The topological polar surface area (TPSA) is 524 Å². The van der Waals surface area contributed by atoms with Gasteiger partial charge < -0.3 is 96.9 Å². The van der Waals surface area contributed by atoms with Crippen LogP contribution in [0.1, 0.15) is 96.1 Å². The lowest BCUT2D eigenvalue weighted by Gasteiger charge is -2.33. The first-order valence-corrected chi connectivity index (χ1v) is 29.8. The highest BCUT2D eigenvalue weighted by Crippen LogP contribution is 2.27. The Morgan fingerprint density at radius 1 is 0.556 bits per heavy atom. The number of aliphatic carboxylic acids is 1. The molecule has 0 aliphatic carbocycles. The fourth-order valence-electron chi connectivity index (χ4n) is 10.2.